The lowest BCUT2D eigenvalue weighted by molar-refractivity contribution is -0.0502. The number of aromatic nitrogens is 6. The molecule has 6 rings (SSSR count). The number of anilines is 1. The van der Waals surface area contributed by atoms with Gasteiger partial charge < -0.3 is 38.4 Å². The first-order valence-corrected chi connectivity index (χ1v) is 19.0. The summed E-state index contributed by atoms with van der Waals surface area (Å²) in [5, 5.41) is 14.2. The van der Waals surface area contributed by atoms with Crippen LogP contribution in [0.1, 0.15) is 32.9 Å². The van der Waals surface area contributed by atoms with Crippen molar-refractivity contribution in [3.63, 3.8) is 0 Å². The molecule has 1 aliphatic carbocycles. The van der Waals surface area contributed by atoms with Gasteiger partial charge in [-0.15, -0.1) is 0 Å². The van der Waals surface area contributed by atoms with Gasteiger partial charge >= 0.3 is 13.5 Å². The normalized spacial score (nSPS) is 36.4. The van der Waals surface area contributed by atoms with Crippen molar-refractivity contribution in [1.82, 2.24) is 29.5 Å². The Morgan fingerprint density at radius 2 is 2.05 bits per heavy atom. The average Bonchev–Trinajstić information content (AvgIpc) is 3.62. The molecule has 3 aromatic rings. The van der Waals surface area contributed by atoms with Crippen molar-refractivity contribution in [2.24, 2.45) is 5.92 Å². The summed E-state index contributed by atoms with van der Waals surface area (Å²) < 4.78 is 49.9. The summed E-state index contributed by atoms with van der Waals surface area (Å²) in [6.45, 7) is -4.86. The lowest BCUT2D eigenvalue weighted by Crippen LogP contribution is -2.35. The third kappa shape index (κ3) is 7.03. The number of aliphatic hydroxyl groups excluding tert-OH is 1. The monoisotopic (exact) mass is 691 g/mol. The minimum Gasteiger partial charge on any atom is -0.474 e. The van der Waals surface area contributed by atoms with Gasteiger partial charge in [-0.2, -0.15) is 4.98 Å². The Morgan fingerprint density at radius 1 is 1.23 bits per heavy atom. The first-order chi connectivity index (χ1) is 20.9. The number of nitrogens with zero attached hydrogens (tertiary/aromatic N) is 5. The molecule has 5 heterocycles. The standard InChI is InChI=1S/C23H31N7O10P2S2/c1-11(2)27-23-28-20-17(21(32)29-23)26-10-30(20)22-19-18(31)15(38-22)8-36-41(33,43)39-14-6-13(37-16-3-4-24-9-25-16)5-12(14)7-35-42(34,44)40-19/h3-4,9-15,18-19,22,31H,5-8H2,1-2H3,(H,33,43)(H,34,44)(H2,27,28,29,32)/t12-,13-,14+,15-,18-,19-,22-,41?,42?/m1/s1. The molecule has 1 saturated carbocycles. The van der Waals surface area contributed by atoms with Crippen LogP contribution in [-0.4, -0.2) is 89.3 Å². The van der Waals surface area contributed by atoms with E-state index in [0.717, 1.165) is 0 Å². The van der Waals surface area contributed by atoms with E-state index in [2.05, 4.69) is 42.5 Å². The number of rotatable bonds is 5. The maximum absolute atomic E-state index is 13.6. The average molecular weight is 692 g/mol. The quantitative estimate of drug-likeness (QED) is 0.191. The van der Waals surface area contributed by atoms with Crippen LogP contribution < -0.4 is 15.6 Å². The minimum atomic E-state index is -4.16. The molecule has 21 heteroatoms. The molecule has 3 aromatic heterocycles. The van der Waals surface area contributed by atoms with Gasteiger partial charge in [-0.05, 0) is 32.1 Å². The van der Waals surface area contributed by atoms with Gasteiger partial charge in [0.1, 0.15) is 30.7 Å². The first-order valence-electron chi connectivity index (χ1n) is 13.7. The Kier molecular flexibility index (Phi) is 9.18. The number of imidazole rings is 1. The molecule has 2 saturated heterocycles. The molecule has 4 N–H and O–H groups in total. The van der Waals surface area contributed by atoms with E-state index in [1.54, 1.807) is 12.3 Å². The molecule has 0 spiro atoms. The summed E-state index contributed by atoms with van der Waals surface area (Å²) in [7, 11) is 0. The second-order valence-corrected chi connectivity index (χ2v) is 16.5. The number of ether oxygens (including phenoxy) is 2. The lowest BCUT2D eigenvalue weighted by Gasteiger charge is -2.27. The maximum atomic E-state index is 13.6. The molecule has 0 radical (unpaired) electrons. The number of nitrogens with one attached hydrogen (secondary N) is 2. The van der Waals surface area contributed by atoms with Crippen LogP contribution in [0.15, 0.2) is 29.7 Å². The van der Waals surface area contributed by atoms with Crippen LogP contribution in [0.2, 0.25) is 0 Å². The zero-order valence-corrected chi connectivity index (χ0v) is 26.9. The van der Waals surface area contributed by atoms with Crippen molar-refractivity contribution in [3.8, 4) is 5.88 Å². The van der Waals surface area contributed by atoms with Gasteiger partial charge in [0.05, 0.1) is 25.6 Å². The highest BCUT2D eigenvalue weighted by molar-refractivity contribution is 8.44. The molecule has 9 atom stereocenters. The van der Waals surface area contributed by atoms with E-state index in [1.807, 2.05) is 13.8 Å². The Labute approximate surface area is 261 Å². The van der Waals surface area contributed by atoms with Crippen molar-refractivity contribution >= 4 is 54.7 Å². The molecule has 2 aliphatic heterocycles. The van der Waals surface area contributed by atoms with Crippen molar-refractivity contribution in [2.75, 3.05) is 18.5 Å². The number of hydrogen-bond acceptors (Lipinski definition) is 15. The topological polar surface area (TPSA) is 214 Å². The van der Waals surface area contributed by atoms with Crippen LogP contribution in [0.4, 0.5) is 5.95 Å². The fourth-order valence-corrected chi connectivity index (χ4v) is 8.36. The molecule has 17 nitrogen and oxygen atoms in total. The first kappa shape index (κ1) is 31.9. The lowest BCUT2D eigenvalue weighted by atomic mass is 10.1. The molecule has 0 amide bonds. The predicted octanol–water partition coefficient (Wildman–Crippen LogP) is 1.92. The van der Waals surface area contributed by atoms with Crippen LogP contribution in [0.3, 0.4) is 0 Å². The van der Waals surface area contributed by atoms with E-state index in [4.69, 9.17) is 39.4 Å². The Balaban J connectivity index is 1.28. The van der Waals surface area contributed by atoms with Gasteiger partial charge in [0.15, 0.2) is 17.4 Å². The van der Waals surface area contributed by atoms with Crippen LogP contribution in [-0.2, 0) is 39.2 Å². The zero-order valence-electron chi connectivity index (χ0n) is 23.4. The van der Waals surface area contributed by atoms with E-state index in [9.17, 15) is 19.4 Å². The van der Waals surface area contributed by atoms with Crippen molar-refractivity contribution < 1.29 is 42.1 Å². The SMILES string of the molecule is CC(C)Nc1nc2c(ncn2[C@@H]2O[C@@H]3COP(O)(=S)O[C@H]4C[C@H](Oc5ccncn5)C[C@@H]4COP(=O)(S)O[C@@H]2[C@@H]3O)c(=O)[nH]1. The molecule has 240 valence electrons. The molecular weight excluding hydrogens is 660 g/mol. The zero-order chi connectivity index (χ0) is 31.2. The molecule has 44 heavy (non-hydrogen) atoms. The number of hydrogen-bond donors (Lipinski definition) is 5. The maximum Gasteiger partial charge on any atom is 0.386 e. The fourth-order valence-electron chi connectivity index (χ4n) is 5.35. The van der Waals surface area contributed by atoms with Gasteiger partial charge in [0.2, 0.25) is 11.8 Å². The van der Waals surface area contributed by atoms with Gasteiger partial charge in [-0.25, -0.2) is 19.5 Å². The van der Waals surface area contributed by atoms with E-state index in [1.165, 1.54) is 17.2 Å². The summed E-state index contributed by atoms with van der Waals surface area (Å²) >= 11 is 9.48. The van der Waals surface area contributed by atoms with Gasteiger partial charge in [-0.1, -0.05) is 12.2 Å². The summed E-state index contributed by atoms with van der Waals surface area (Å²) in [6, 6.07) is 1.56. The molecule has 0 aromatic carbocycles. The second kappa shape index (κ2) is 12.6. The smallest absolute Gasteiger partial charge is 0.386 e. The highest BCUT2D eigenvalue weighted by Gasteiger charge is 2.51. The van der Waals surface area contributed by atoms with E-state index >= 15 is 0 Å². The van der Waals surface area contributed by atoms with Gasteiger partial charge in [0, 0.05) is 30.6 Å². The van der Waals surface area contributed by atoms with Crippen molar-refractivity contribution in [2.45, 2.75) is 69.5 Å². The Hall–Kier alpha value is -2.02. The fraction of sp³-hybridized carbons (Fsp3) is 0.609. The molecule has 2 unspecified atom stereocenters. The predicted molar refractivity (Wildman–Crippen MR) is 161 cm³/mol. The molecule has 3 fully saturated rings. The van der Waals surface area contributed by atoms with Crippen LogP contribution in [0.5, 0.6) is 5.88 Å². The number of aliphatic hydroxyl groups is 1. The molecule has 2 bridgehead atoms. The summed E-state index contributed by atoms with van der Waals surface area (Å²) in [5.41, 5.74) is -0.398. The van der Waals surface area contributed by atoms with Gasteiger partial charge in [-0.3, -0.25) is 18.9 Å². The summed E-state index contributed by atoms with van der Waals surface area (Å²) in [6.07, 6.45) is -1.36. The largest absolute Gasteiger partial charge is 0.474 e. The summed E-state index contributed by atoms with van der Waals surface area (Å²) in [5.74, 6) is 0.0954. The highest BCUT2D eigenvalue weighted by atomic mass is 32.7. The van der Waals surface area contributed by atoms with E-state index < -0.39 is 68.3 Å². The van der Waals surface area contributed by atoms with Crippen LogP contribution in [0, 0.1) is 5.92 Å². The van der Waals surface area contributed by atoms with Crippen molar-refractivity contribution in [3.05, 3.63) is 35.3 Å². The number of H-pyrrole nitrogens is 1. The third-order valence-corrected chi connectivity index (χ3v) is 10.5. The number of fused-ring (bicyclic) bond motifs is 4. The Morgan fingerprint density at radius 3 is 2.80 bits per heavy atom. The van der Waals surface area contributed by atoms with Gasteiger partial charge in [0.25, 0.3) is 5.56 Å². The van der Waals surface area contributed by atoms with Crippen molar-refractivity contribution in [1.29, 1.82) is 0 Å². The molecule has 3 aliphatic rings. The molecular formula is C23H31N7O10P2S2. The number of thiol groups is 1. The van der Waals surface area contributed by atoms with E-state index in [0.29, 0.717) is 18.7 Å². The highest BCUT2D eigenvalue weighted by Crippen LogP contribution is 2.58. The Bertz CT molecular complexity index is 1650. The summed E-state index contributed by atoms with van der Waals surface area (Å²) in [4.78, 5) is 42.8. The second-order valence-electron chi connectivity index (χ2n) is 10.9. The number of aromatic amines is 1. The minimum absolute atomic E-state index is 0.000768. The van der Waals surface area contributed by atoms with E-state index in [-0.39, 0.29) is 29.8 Å². The third-order valence-electron chi connectivity index (χ3n) is 7.25. The van der Waals surface area contributed by atoms with Crippen LogP contribution >= 0.6 is 25.8 Å². The van der Waals surface area contributed by atoms with Crippen LogP contribution in [0.25, 0.3) is 11.2 Å².